The van der Waals surface area contributed by atoms with Crippen molar-refractivity contribution < 1.29 is 9.18 Å². The minimum Gasteiger partial charge on any atom is -0.357 e. The van der Waals surface area contributed by atoms with E-state index in [4.69, 9.17) is 0 Å². The number of hydrogen-bond acceptors (Lipinski definition) is 2. The monoisotopic (exact) mass is 498 g/mol. The van der Waals surface area contributed by atoms with E-state index in [-0.39, 0.29) is 35.7 Å². The Balaban J connectivity index is 0.00000392. The minimum atomic E-state index is -0.186. The Hall–Kier alpha value is -2.16. The van der Waals surface area contributed by atoms with Gasteiger partial charge in [0.25, 0.3) is 5.91 Å². The number of guanidine groups is 1. The van der Waals surface area contributed by atoms with Crippen LogP contribution < -0.4 is 10.6 Å². The predicted molar refractivity (Wildman–Crippen MR) is 123 cm³/mol. The molecule has 2 aromatic carbocycles. The van der Waals surface area contributed by atoms with Gasteiger partial charge in [0.05, 0.1) is 6.54 Å². The number of rotatable bonds is 7. The molecular formula is C21H28FIN4O. The first kappa shape index (κ1) is 23.9. The molecule has 0 aliphatic carbocycles. The molecule has 0 unspecified atom stereocenters. The maximum atomic E-state index is 13.7. The molecule has 0 spiro atoms. The molecule has 2 aromatic rings. The molecule has 0 bridgehead atoms. The molecule has 7 heteroatoms. The first-order valence-electron chi connectivity index (χ1n) is 9.07. The Morgan fingerprint density at radius 3 is 2.36 bits per heavy atom. The summed E-state index contributed by atoms with van der Waals surface area (Å²) >= 11 is 0. The fraction of sp³-hybridized carbons (Fsp3) is 0.333. The second-order valence-electron chi connectivity index (χ2n) is 6.36. The molecule has 0 saturated heterocycles. The third kappa shape index (κ3) is 7.46. The van der Waals surface area contributed by atoms with E-state index < -0.39 is 0 Å². The van der Waals surface area contributed by atoms with Gasteiger partial charge >= 0.3 is 0 Å². The number of carbonyl (C=O) groups excluding carboxylic acids is 1. The summed E-state index contributed by atoms with van der Waals surface area (Å²) in [5.74, 6) is 0.476. The van der Waals surface area contributed by atoms with Crippen molar-refractivity contribution in [1.29, 1.82) is 0 Å². The Kier molecular flexibility index (Phi) is 10.5. The van der Waals surface area contributed by atoms with E-state index >= 15 is 0 Å². The van der Waals surface area contributed by atoms with Crippen LogP contribution >= 0.6 is 24.0 Å². The van der Waals surface area contributed by atoms with E-state index in [1.165, 1.54) is 6.07 Å². The molecule has 0 atom stereocenters. The standard InChI is InChI=1S/C21H27FN4O.HI/c1-4-23-21(24-14-13-17-7-5-6-8-19(17)22)25-15-16-9-11-18(12-10-16)20(27)26(2)3;/h5-12H,4,13-15H2,1-3H3,(H2,23,24,25);1H. The largest absolute Gasteiger partial charge is 0.357 e. The molecule has 0 aliphatic rings. The van der Waals surface area contributed by atoms with Crippen LogP contribution in [0.15, 0.2) is 53.5 Å². The number of nitrogens with zero attached hydrogens (tertiary/aromatic N) is 2. The molecule has 2 rings (SSSR count). The van der Waals surface area contributed by atoms with Gasteiger partial charge in [-0.05, 0) is 42.7 Å². The molecule has 2 N–H and O–H groups in total. The second kappa shape index (κ2) is 12.3. The van der Waals surface area contributed by atoms with Crippen LogP contribution in [0.25, 0.3) is 0 Å². The van der Waals surface area contributed by atoms with Crippen LogP contribution in [0.2, 0.25) is 0 Å². The van der Waals surface area contributed by atoms with Gasteiger partial charge in [-0.15, -0.1) is 24.0 Å². The molecule has 0 aliphatic heterocycles. The van der Waals surface area contributed by atoms with Crippen molar-refractivity contribution >= 4 is 35.8 Å². The molecule has 152 valence electrons. The predicted octanol–water partition coefficient (Wildman–Crippen LogP) is 3.44. The van der Waals surface area contributed by atoms with Crippen molar-refractivity contribution in [1.82, 2.24) is 15.5 Å². The van der Waals surface area contributed by atoms with Gasteiger partial charge in [-0.25, -0.2) is 9.38 Å². The van der Waals surface area contributed by atoms with Gasteiger partial charge in [0.2, 0.25) is 0 Å². The number of hydrogen-bond donors (Lipinski definition) is 2. The maximum Gasteiger partial charge on any atom is 0.253 e. The molecule has 0 aromatic heterocycles. The quantitative estimate of drug-likeness (QED) is 0.350. The highest BCUT2D eigenvalue weighted by Gasteiger charge is 2.07. The van der Waals surface area contributed by atoms with Gasteiger partial charge in [-0.2, -0.15) is 0 Å². The van der Waals surface area contributed by atoms with Crippen LogP contribution in [0.3, 0.4) is 0 Å². The lowest BCUT2D eigenvalue weighted by Crippen LogP contribution is -2.38. The second-order valence-corrected chi connectivity index (χ2v) is 6.36. The zero-order valence-electron chi connectivity index (χ0n) is 16.5. The van der Waals surface area contributed by atoms with Gasteiger partial charge in [0.1, 0.15) is 5.82 Å². The smallest absolute Gasteiger partial charge is 0.253 e. The van der Waals surface area contributed by atoms with Crippen LogP contribution in [-0.2, 0) is 13.0 Å². The van der Waals surface area contributed by atoms with Crippen molar-refractivity contribution in [3.63, 3.8) is 0 Å². The molecule has 1 amide bonds. The average molecular weight is 498 g/mol. The third-order valence-corrected chi connectivity index (χ3v) is 4.02. The highest BCUT2D eigenvalue weighted by atomic mass is 127. The molecule has 28 heavy (non-hydrogen) atoms. The van der Waals surface area contributed by atoms with Crippen molar-refractivity contribution in [3.8, 4) is 0 Å². The lowest BCUT2D eigenvalue weighted by Gasteiger charge is -2.12. The zero-order chi connectivity index (χ0) is 19.6. The van der Waals surface area contributed by atoms with Gasteiger partial charge in [-0.3, -0.25) is 4.79 Å². The Morgan fingerprint density at radius 2 is 1.75 bits per heavy atom. The van der Waals surface area contributed by atoms with E-state index in [0.717, 1.165) is 12.1 Å². The lowest BCUT2D eigenvalue weighted by molar-refractivity contribution is 0.0827. The Morgan fingerprint density at radius 1 is 1.07 bits per heavy atom. The summed E-state index contributed by atoms with van der Waals surface area (Å²) in [6.07, 6.45) is 0.582. The van der Waals surface area contributed by atoms with Crippen molar-refractivity contribution in [2.24, 2.45) is 4.99 Å². The number of carbonyl (C=O) groups is 1. The summed E-state index contributed by atoms with van der Waals surface area (Å²) in [5.41, 5.74) is 2.35. The topological polar surface area (TPSA) is 56.7 Å². The lowest BCUT2D eigenvalue weighted by atomic mass is 10.1. The van der Waals surface area contributed by atoms with Gasteiger partial charge in [-0.1, -0.05) is 30.3 Å². The normalized spacial score (nSPS) is 10.8. The minimum absolute atomic E-state index is 0. The van der Waals surface area contributed by atoms with E-state index in [1.54, 1.807) is 31.1 Å². The fourth-order valence-corrected chi connectivity index (χ4v) is 2.54. The van der Waals surface area contributed by atoms with Crippen LogP contribution in [0.1, 0.15) is 28.4 Å². The fourth-order valence-electron chi connectivity index (χ4n) is 2.54. The summed E-state index contributed by atoms with van der Waals surface area (Å²) in [6.45, 7) is 3.81. The first-order valence-corrected chi connectivity index (χ1v) is 9.07. The van der Waals surface area contributed by atoms with Crippen LogP contribution in [0, 0.1) is 5.82 Å². The summed E-state index contributed by atoms with van der Waals surface area (Å²) in [7, 11) is 3.46. The van der Waals surface area contributed by atoms with Crippen molar-refractivity contribution in [2.45, 2.75) is 19.9 Å². The van der Waals surface area contributed by atoms with Gasteiger partial charge in [0, 0.05) is 32.7 Å². The van der Waals surface area contributed by atoms with E-state index in [9.17, 15) is 9.18 Å². The molecule has 0 radical (unpaired) electrons. The van der Waals surface area contributed by atoms with Crippen molar-refractivity contribution in [3.05, 3.63) is 71.0 Å². The maximum absolute atomic E-state index is 13.7. The number of benzene rings is 2. The van der Waals surface area contributed by atoms with Crippen LogP contribution in [-0.4, -0.2) is 44.0 Å². The molecule has 0 fully saturated rings. The van der Waals surface area contributed by atoms with Crippen LogP contribution in [0.5, 0.6) is 0 Å². The number of aliphatic imine (C=N–C) groups is 1. The average Bonchev–Trinajstić information content (AvgIpc) is 2.67. The Bertz CT molecular complexity index is 778. The van der Waals surface area contributed by atoms with E-state index in [0.29, 0.717) is 36.6 Å². The van der Waals surface area contributed by atoms with E-state index in [1.807, 2.05) is 37.3 Å². The number of nitrogens with one attached hydrogen (secondary N) is 2. The summed E-state index contributed by atoms with van der Waals surface area (Å²) < 4.78 is 13.7. The van der Waals surface area contributed by atoms with E-state index in [2.05, 4.69) is 15.6 Å². The summed E-state index contributed by atoms with van der Waals surface area (Å²) in [4.78, 5) is 18.0. The zero-order valence-corrected chi connectivity index (χ0v) is 18.9. The SMILES string of the molecule is CCNC(=NCc1ccc(C(=O)N(C)C)cc1)NCCc1ccccc1F.I. The number of halogens is 2. The van der Waals surface area contributed by atoms with Gasteiger partial charge < -0.3 is 15.5 Å². The highest BCUT2D eigenvalue weighted by molar-refractivity contribution is 14.0. The molecule has 0 saturated carbocycles. The number of amides is 1. The molecular weight excluding hydrogens is 470 g/mol. The van der Waals surface area contributed by atoms with Gasteiger partial charge in [0.15, 0.2) is 5.96 Å². The highest BCUT2D eigenvalue weighted by Crippen LogP contribution is 2.08. The third-order valence-electron chi connectivity index (χ3n) is 4.02. The molecule has 0 heterocycles. The summed E-state index contributed by atoms with van der Waals surface area (Å²) in [6, 6.07) is 14.2. The first-order chi connectivity index (χ1) is 13.0. The van der Waals surface area contributed by atoms with Crippen LogP contribution in [0.4, 0.5) is 4.39 Å². The summed E-state index contributed by atoms with van der Waals surface area (Å²) in [5, 5.41) is 6.41. The Labute approximate surface area is 183 Å². The molecule has 5 nitrogen and oxygen atoms in total. The van der Waals surface area contributed by atoms with Crippen molar-refractivity contribution in [2.75, 3.05) is 27.2 Å².